The molecule has 1 rings (SSSR count). The molecule has 0 amide bonds. The van der Waals surface area contributed by atoms with Crippen LogP contribution in [0.1, 0.15) is 12.5 Å². The topological polar surface area (TPSA) is 26.3 Å². The minimum atomic E-state index is -0.328. The largest absolute Gasteiger partial charge is 0.462 e. The summed E-state index contributed by atoms with van der Waals surface area (Å²) >= 11 is 1.92. The molecule has 1 aromatic carbocycles. The smallest absolute Gasteiger partial charge is 0.345 e. The van der Waals surface area contributed by atoms with Gasteiger partial charge in [0.2, 0.25) is 0 Å². The third-order valence-electron chi connectivity index (χ3n) is 1.66. The Labute approximate surface area is 109 Å². The average molecular weight is 326 g/mol. The van der Waals surface area contributed by atoms with Crippen molar-refractivity contribution < 1.29 is 9.53 Å². The molecule has 0 aromatic heterocycles. The first-order valence-corrected chi connectivity index (χ1v) is 5.91. The number of benzene rings is 1. The van der Waals surface area contributed by atoms with E-state index in [9.17, 15) is 4.79 Å². The third-order valence-corrected chi connectivity index (χ3v) is 2.41. The predicted octanol–water partition coefficient (Wildman–Crippen LogP) is 2.92. The van der Waals surface area contributed by atoms with Crippen LogP contribution in [0.2, 0.25) is 0 Å². The molecule has 3 heteroatoms. The first-order valence-electron chi connectivity index (χ1n) is 4.83. The SMILES string of the molecule is CCOC(=O)/C(I)=C/C#Cc1ccccc1. The second kappa shape index (κ2) is 7.07. The van der Waals surface area contributed by atoms with Crippen molar-refractivity contribution in [3.05, 3.63) is 45.6 Å². The molecule has 0 saturated heterocycles. The molecule has 0 spiro atoms. The Bertz CT molecular complexity index is 438. The highest BCUT2D eigenvalue weighted by Gasteiger charge is 2.03. The van der Waals surface area contributed by atoms with Crippen LogP contribution in [-0.2, 0) is 9.53 Å². The van der Waals surface area contributed by atoms with Gasteiger partial charge in [-0.2, -0.15) is 0 Å². The van der Waals surface area contributed by atoms with Gasteiger partial charge in [0.05, 0.1) is 6.61 Å². The van der Waals surface area contributed by atoms with Crippen LogP contribution in [-0.4, -0.2) is 12.6 Å². The number of rotatable bonds is 2. The predicted molar refractivity (Wildman–Crippen MR) is 72.1 cm³/mol. The van der Waals surface area contributed by atoms with Gasteiger partial charge in [-0.15, -0.1) is 0 Å². The molecule has 0 aliphatic rings. The van der Waals surface area contributed by atoms with Crippen LogP contribution in [0.5, 0.6) is 0 Å². The summed E-state index contributed by atoms with van der Waals surface area (Å²) in [5.74, 6) is 5.43. The molecule has 82 valence electrons. The molecule has 0 unspecified atom stereocenters. The lowest BCUT2D eigenvalue weighted by Crippen LogP contribution is -2.02. The van der Waals surface area contributed by atoms with Crippen molar-refractivity contribution in [1.29, 1.82) is 0 Å². The lowest BCUT2D eigenvalue weighted by molar-refractivity contribution is -0.137. The Hall–Kier alpha value is -1.28. The van der Waals surface area contributed by atoms with E-state index in [0.29, 0.717) is 10.2 Å². The van der Waals surface area contributed by atoms with Gasteiger partial charge >= 0.3 is 5.97 Å². The summed E-state index contributed by atoms with van der Waals surface area (Å²) in [7, 11) is 0. The van der Waals surface area contributed by atoms with E-state index in [1.54, 1.807) is 13.0 Å². The number of carbonyl (C=O) groups excluding carboxylic acids is 1. The zero-order valence-electron chi connectivity index (χ0n) is 8.87. The molecule has 0 aliphatic heterocycles. The van der Waals surface area contributed by atoms with E-state index in [2.05, 4.69) is 11.8 Å². The zero-order chi connectivity index (χ0) is 11.8. The van der Waals surface area contributed by atoms with Crippen LogP contribution in [0, 0.1) is 11.8 Å². The van der Waals surface area contributed by atoms with Crippen LogP contribution in [0.3, 0.4) is 0 Å². The first kappa shape index (κ1) is 12.8. The summed E-state index contributed by atoms with van der Waals surface area (Å²) in [5, 5.41) is 0. The highest BCUT2D eigenvalue weighted by atomic mass is 127. The molecular weight excluding hydrogens is 315 g/mol. The van der Waals surface area contributed by atoms with Gasteiger partial charge in [-0.1, -0.05) is 30.0 Å². The summed E-state index contributed by atoms with van der Waals surface area (Å²) in [4.78, 5) is 11.2. The van der Waals surface area contributed by atoms with E-state index in [-0.39, 0.29) is 5.97 Å². The van der Waals surface area contributed by atoms with Crippen LogP contribution >= 0.6 is 22.6 Å². The van der Waals surface area contributed by atoms with Crippen LogP contribution in [0.15, 0.2) is 40.0 Å². The molecule has 0 N–H and O–H groups in total. The second-order valence-electron chi connectivity index (χ2n) is 2.85. The fraction of sp³-hybridized carbons (Fsp3) is 0.154. The number of ether oxygens (including phenoxy) is 1. The van der Waals surface area contributed by atoms with E-state index in [1.807, 2.05) is 52.9 Å². The van der Waals surface area contributed by atoms with E-state index in [0.717, 1.165) is 5.56 Å². The van der Waals surface area contributed by atoms with Crippen molar-refractivity contribution in [1.82, 2.24) is 0 Å². The standard InChI is InChI=1S/C13H11IO2/c1-2-16-13(15)12(14)10-6-9-11-7-4-3-5-8-11/h3-5,7-8,10H,2H2,1H3/b12-10-. The highest BCUT2D eigenvalue weighted by Crippen LogP contribution is 2.07. The zero-order valence-corrected chi connectivity index (χ0v) is 11.0. The first-order chi connectivity index (χ1) is 7.74. The van der Waals surface area contributed by atoms with Crippen LogP contribution in [0.25, 0.3) is 0 Å². The van der Waals surface area contributed by atoms with Crippen molar-refractivity contribution >= 4 is 28.6 Å². The van der Waals surface area contributed by atoms with Gasteiger partial charge in [0.15, 0.2) is 0 Å². The Morgan fingerprint density at radius 3 is 2.75 bits per heavy atom. The Morgan fingerprint density at radius 2 is 2.12 bits per heavy atom. The molecule has 0 saturated carbocycles. The van der Waals surface area contributed by atoms with Gasteiger partial charge in [-0.05, 0) is 41.6 Å². The maximum Gasteiger partial charge on any atom is 0.345 e. The number of esters is 1. The molecule has 16 heavy (non-hydrogen) atoms. The van der Waals surface area contributed by atoms with Crippen LogP contribution in [0.4, 0.5) is 0 Å². The highest BCUT2D eigenvalue weighted by molar-refractivity contribution is 14.1. The molecule has 1 aromatic rings. The minimum absolute atomic E-state index is 0.328. The molecule has 0 radical (unpaired) electrons. The number of hydrogen-bond donors (Lipinski definition) is 0. The van der Waals surface area contributed by atoms with Crippen molar-refractivity contribution in [2.45, 2.75) is 6.92 Å². The van der Waals surface area contributed by atoms with E-state index < -0.39 is 0 Å². The fourth-order valence-corrected chi connectivity index (χ4v) is 1.27. The monoisotopic (exact) mass is 326 g/mol. The molecule has 0 fully saturated rings. The summed E-state index contributed by atoms with van der Waals surface area (Å²) < 4.78 is 5.31. The molecule has 0 bridgehead atoms. The van der Waals surface area contributed by atoms with Crippen molar-refractivity contribution in [3.8, 4) is 11.8 Å². The Balaban J connectivity index is 2.66. The van der Waals surface area contributed by atoms with Crippen LogP contribution < -0.4 is 0 Å². The van der Waals surface area contributed by atoms with Crippen molar-refractivity contribution in [2.75, 3.05) is 6.61 Å². The lowest BCUT2D eigenvalue weighted by Gasteiger charge is -1.97. The number of carbonyl (C=O) groups is 1. The number of hydrogen-bond acceptors (Lipinski definition) is 2. The van der Waals surface area contributed by atoms with Gasteiger partial charge in [0.25, 0.3) is 0 Å². The van der Waals surface area contributed by atoms with Gasteiger partial charge in [-0.25, -0.2) is 4.79 Å². The van der Waals surface area contributed by atoms with Crippen molar-refractivity contribution in [2.24, 2.45) is 0 Å². The Kier molecular flexibility index (Phi) is 5.65. The van der Waals surface area contributed by atoms with Crippen molar-refractivity contribution in [3.63, 3.8) is 0 Å². The van der Waals surface area contributed by atoms with Gasteiger partial charge in [-0.3, -0.25) is 0 Å². The number of halogens is 1. The molecule has 0 atom stereocenters. The van der Waals surface area contributed by atoms with Gasteiger partial charge < -0.3 is 4.74 Å². The lowest BCUT2D eigenvalue weighted by atomic mass is 10.2. The molecule has 0 heterocycles. The van der Waals surface area contributed by atoms with E-state index in [1.165, 1.54) is 0 Å². The molecular formula is C13H11IO2. The third kappa shape index (κ3) is 4.49. The molecule has 0 aliphatic carbocycles. The Morgan fingerprint density at radius 1 is 1.44 bits per heavy atom. The molecule has 2 nitrogen and oxygen atoms in total. The quantitative estimate of drug-likeness (QED) is 0.362. The summed E-state index contributed by atoms with van der Waals surface area (Å²) in [6, 6.07) is 9.60. The summed E-state index contributed by atoms with van der Waals surface area (Å²) in [6.45, 7) is 2.16. The maximum atomic E-state index is 11.2. The average Bonchev–Trinajstić information content (AvgIpc) is 2.30. The number of allylic oxidation sites excluding steroid dienone is 1. The van der Waals surface area contributed by atoms with E-state index >= 15 is 0 Å². The summed E-state index contributed by atoms with van der Waals surface area (Å²) in [5.41, 5.74) is 0.923. The minimum Gasteiger partial charge on any atom is -0.462 e. The van der Waals surface area contributed by atoms with Gasteiger partial charge in [0, 0.05) is 11.6 Å². The second-order valence-corrected chi connectivity index (χ2v) is 4.01. The summed E-state index contributed by atoms with van der Waals surface area (Å²) in [6.07, 6.45) is 1.56. The van der Waals surface area contributed by atoms with E-state index in [4.69, 9.17) is 4.74 Å². The van der Waals surface area contributed by atoms with Gasteiger partial charge in [0.1, 0.15) is 3.58 Å². The normalized spacial score (nSPS) is 10.2. The maximum absolute atomic E-state index is 11.2. The fourth-order valence-electron chi connectivity index (χ4n) is 0.963.